The maximum absolute atomic E-state index is 12.4. The number of anilines is 1. The van der Waals surface area contributed by atoms with Gasteiger partial charge < -0.3 is 11.1 Å². The molecule has 0 saturated heterocycles. The van der Waals surface area contributed by atoms with Crippen LogP contribution in [0.2, 0.25) is 0 Å². The number of hydrogen-bond donors (Lipinski definition) is 2. The minimum atomic E-state index is -0.235. The van der Waals surface area contributed by atoms with Gasteiger partial charge in [0.25, 0.3) is 0 Å². The van der Waals surface area contributed by atoms with Crippen LogP contribution in [0.15, 0.2) is 12.5 Å². The molecule has 1 aliphatic carbocycles. The molecule has 0 aliphatic heterocycles. The van der Waals surface area contributed by atoms with Crippen molar-refractivity contribution in [1.82, 2.24) is 15.3 Å². The van der Waals surface area contributed by atoms with E-state index in [0.717, 1.165) is 31.2 Å². The van der Waals surface area contributed by atoms with Gasteiger partial charge in [-0.15, -0.1) is 0 Å². The molecule has 1 amide bonds. The molecule has 19 heavy (non-hydrogen) atoms. The zero-order chi connectivity index (χ0) is 13.7. The van der Waals surface area contributed by atoms with Crippen LogP contribution in [0.5, 0.6) is 0 Å². The number of nitrogen functional groups attached to an aromatic ring is 1. The van der Waals surface area contributed by atoms with E-state index in [9.17, 15) is 4.79 Å². The Bertz CT molecular complexity index is 439. The molecular formula is C14H22N4O. The van der Waals surface area contributed by atoms with Gasteiger partial charge in [-0.05, 0) is 12.8 Å². The first-order chi connectivity index (χ1) is 9.12. The molecule has 5 heteroatoms. The maximum Gasteiger partial charge on any atom is 0.226 e. The van der Waals surface area contributed by atoms with Crippen molar-refractivity contribution < 1.29 is 4.79 Å². The smallest absolute Gasteiger partial charge is 0.226 e. The molecule has 104 valence electrons. The Hall–Kier alpha value is -1.65. The van der Waals surface area contributed by atoms with Crippen molar-refractivity contribution >= 4 is 11.7 Å². The van der Waals surface area contributed by atoms with Gasteiger partial charge >= 0.3 is 0 Å². The number of nitrogens with one attached hydrogen (secondary N) is 1. The summed E-state index contributed by atoms with van der Waals surface area (Å²) in [5, 5.41) is 2.98. The highest BCUT2D eigenvalue weighted by molar-refractivity contribution is 5.82. The van der Waals surface area contributed by atoms with Crippen LogP contribution in [0.25, 0.3) is 0 Å². The second kappa shape index (κ2) is 5.99. The fourth-order valence-corrected chi connectivity index (χ4v) is 2.63. The molecule has 0 unspecified atom stereocenters. The molecule has 0 bridgehead atoms. The number of carbonyl (C=O) groups excluding carboxylic acids is 1. The summed E-state index contributed by atoms with van der Waals surface area (Å²) >= 11 is 0. The molecule has 1 aliphatic rings. The largest absolute Gasteiger partial charge is 0.383 e. The highest BCUT2D eigenvalue weighted by atomic mass is 16.2. The van der Waals surface area contributed by atoms with Gasteiger partial charge in [-0.25, -0.2) is 9.97 Å². The monoisotopic (exact) mass is 262 g/mol. The summed E-state index contributed by atoms with van der Waals surface area (Å²) in [5.41, 5.74) is 6.28. The maximum atomic E-state index is 12.4. The zero-order valence-corrected chi connectivity index (χ0v) is 11.5. The van der Waals surface area contributed by atoms with Gasteiger partial charge in [0.05, 0.1) is 0 Å². The van der Waals surface area contributed by atoms with Crippen molar-refractivity contribution in [2.24, 2.45) is 5.41 Å². The van der Waals surface area contributed by atoms with Crippen LogP contribution in [0.3, 0.4) is 0 Å². The SMILES string of the molecule is CC1(C(=O)NCc2cncnc2N)CCCCCC1. The van der Waals surface area contributed by atoms with Crippen molar-refractivity contribution in [2.75, 3.05) is 5.73 Å². The third-order valence-electron chi connectivity index (χ3n) is 4.02. The molecule has 1 fully saturated rings. The van der Waals surface area contributed by atoms with E-state index in [-0.39, 0.29) is 11.3 Å². The number of hydrogen-bond acceptors (Lipinski definition) is 4. The Morgan fingerprint density at radius 2 is 2.05 bits per heavy atom. The molecule has 0 atom stereocenters. The normalized spacial score (nSPS) is 18.6. The van der Waals surface area contributed by atoms with Crippen molar-refractivity contribution in [1.29, 1.82) is 0 Å². The number of nitrogens with zero attached hydrogens (tertiary/aromatic N) is 2. The van der Waals surface area contributed by atoms with Crippen LogP contribution in [0.1, 0.15) is 51.0 Å². The molecule has 2 rings (SSSR count). The molecular weight excluding hydrogens is 240 g/mol. The zero-order valence-electron chi connectivity index (χ0n) is 11.5. The number of amides is 1. The van der Waals surface area contributed by atoms with Crippen LogP contribution < -0.4 is 11.1 Å². The van der Waals surface area contributed by atoms with Crippen molar-refractivity contribution in [2.45, 2.75) is 52.0 Å². The van der Waals surface area contributed by atoms with Crippen LogP contribution in [-0.4, -0.2) is 15.9 Å². The Morgan fingerprint density at radius 1 is 1.37 bits per heavy atom. The Kier molecular flexibility index (Phi) is 4.35. The summed E-state index contributed by atoms with van der Waals surface area (Å²) in [6.45, 7) is 2.47. The number of aromatic nitrogens is 2. The second-order valence-electron chi connectivity index (χ2n) is 5.59. The van der Waals surface area contributed by atoms with Gasteiger partial charge in [-0.1, -0.05) is 32.6 Å². The summed E-state index contributed by atoms with van der Waals surface area (Å²) in [7, 11) is 0. The molecule has 0 spiro atoms. The first-order valence-electron chi connectivity index (χ1n) is 6.94. The van der Waals surface area contributed by atoms with E-state index in [4.69, 9.17) is 5.73 Å². The summed E-state index contributed by atoms with van der Waals surface area (Å²) < 4.78 is 0. The predicted octanol–water partition coefficient (Wildman–Crippen LogP) is 2.04. The third-order valence-corrected chi connectivity index (χ3v) is 4.02. The molecule has 1 saturated carbocycles. The average Bonchev–Trinajstić information content (AvgIpc) is 2.63. The predicted molar refractivity (Wildman–Crippen MR) is 74.1 cm³/mol. The van der Waals surface area contributed by atoms with E-state index in [2.05, 4.69) is 22.2 Å². The molecule has 1 aromatic rings. The van der Waals surface area contributed by atoms with Gasteiger partial charge in [-0.3, -0.25) is 4.79 Å². The number of rotatable bonds is 3. The fourth-order valence-electron chi connectivity index (χ4n) is 2.63. The fraction of sp³-hybridized carbons (Fsp3) is 0.643. The standard InChI is InChI=1S/C14H22N4O/c1-14(6-4-2-3-5-7-14)13(19)17-9-11-8-16-10-18-12(11)15/h8,10H,2-7,9H2,1H3,(H,17,19)(H2,15,16,18). The average molecular weight is 262 g/mol. The van der Waals surface area contributed by atoms with Crippen molar-refractivity contribution in [3.05, 3.63) is 18.1 Å². The highest BCUT2D eigenvalue weighted by Gasteiger charge is 2.33. The van der Waals surface area contributed by atoms with Gasteiger partial charge in [0.1, 0.15) is 12.1 Å². The lowest BCUT2D eigenvalue weighted by Crippen LogP contribution is -2.38. The summed E-state index contributed by atoms with van der Waals surface area (Å²) in [6.07, 6.45) is 9.76. The van der Waals surface area contributed by atoms with Crippen LogP contribution in [-0.2, 0) is 11.3 Å². The lowest BCUT2D eigenvalue weighted by Gasteiger charge is -2.26. The van der Waals surface area contributed by atoms with Gasteiger partial charge in [0.15, 0.2) is 0 Å². The van der Waals surface area contributed by atoms with E-state index in [1.165, 1.54) is 19.2 Å². The molecule has 0 aromatic carbocycles. The first kappa shape index (κ1) is 13.8. The molecule has 3 N–H and O–H groups in total. The third kappa shape index (κ3) is 3.43. The summed E-state index contributed by atoms with van der Waals surface area (Å²) in [6, 6.07) is 0. The molecule has 1 heterocycles. The first-order valence-corrected chi connectivity index (χ1v) is 6.94. The van der Waals surface area contributed by atoms with Gasteiger partial charge in [0.2, 0.25) is 5.91 Å². The second-order valence-corrected chi connectivity index (χ2v) is 5.59. The summed E-state index contributed by atoms with van der Waals surface area (Å²) in [5.74, 6) is 0.555. The van der Waals surface area contributed by atoms with Crippen LogP contribution >= 0.6 is 0 Å². The minimum absolute atomic E-state index is 0.123. The summed E-state index contributed by atoms with van der Waals surface area (Å²) in [4.78, 5) is 20.2. The van der Waals surface area contributed by atoms with Crippen LogP contribution in [0.4, 0.5) is 5.82 Å². The van der Waals surface area contributed by atoms with E-state index in [1.807, 2.05) is 0 Å². The Labute approximate surface area is 114 Å². The Morgan fingerprint density at radius 3 is 2.68 bits per heavy atom. The number of nitrogens with two attached hydrogens (primary N) is 1. The quantitative estimate of drug-likeness (QED) is 0.817. The molecule has 5 nitrogen and oxygen atoms in total. The van der Waals surface area contributed by atoms with E-state index < -0.39 is 0 Å². The van der Waals surface area contributed by atoms with E-state index in [0.29, 0.717) is 12.4 Å². The van der Waals surface area contributed by atoms with E-state index in [1.54, 1.807) is 6.20 Å². The van der Waals surface area contributed by atoms with Crippen molar-refractivity contribution in [3.8, 4) is 0 Å². The lowest BCUT2D eigenvalue weighted by atomic mass is 9.81. The Balaban J connectivity index is 1.95. The molecule has 0 radical (unpaired) electrons. The topological polar surface area (TPSA) is 80.9 Å². The minimum Gasteiger partial charge on any atom is -0.383 e. The van der Waals surface area contributed by atoms with E-state index >= 15 is 0 Å². The lowest BCUT2D eigenvalue weighted by molar-refractivity contribution is -0.131. The van der Waals surface area contributed by atoms with Crippen LogP contribution in [0, 0.1) is 5.41 Å². The number of carbonyl (C=O) groups is 1. The van der Waals surface area contributed by atoms with Gasteiger partial charge in [0, 0.05) is 23.7 Å². The highest BCUT2D eigenvalue weighted by Crippen LogP contribution is 2.34. The van der Waals surface area contributed by atoms with Gasteiger partial charge in [-0.2, -0.15) is 0 Å². The molecule has 1 aromatic heterocycles. The van der Waals surface area contributed by atoms with Crippen molar-refractivity contribution in [3.63, 3.8) is 0 Å².